The fourth-order valence-electron chi connectivity index (χ4n) is 1.55. The number of halogens is 1. The molecule has 1 aromatic heterocycles. The molecule has 0 aliphatic carbocycles. The Bertz CT molecular complexity index is 424. The van der Waals surface area contributed by atoms with Crippen molar-refractivity contribution in [1.29, 1.82) is 0 Å². The van der Waals surface area contributed by atoms with Gasteiger partial charge in [0.15, 0.2) is 0 Å². The molecule has 0 aliphatic rings. The molecule has 3 N–H and O–H groups in total. The predicted molar refractivity (Wildman–Crippen MR) is 70.2 cm³/mol. The van der Waals surface area contributed by atoms with Gasteiger partial charge < -0.3 is 15.5 Å². The van der Waals surface area contributed by atoms with Crippen LogP contribution < -0.4 is 5.32 Å². The van der Waals surface area contributed by atoms with Gasteiger partial charge in [0.2, 0.25) is 0 Å². The Hall–Kier alpha value is -1.33. The van der Waals surface area contributed by atoms with Crippen molar-refractivity contribution in [3.8, 4) is 0 Å². The van der Waals surface area contributed by atoms with Crippen LogP contribution in [0.5, 0.6) is 0 Å². The number of aliphatic hydroxyl groups is 1. The van der Waals surface area contributed by atoms with E-state index >= 15 is 0 Å². The number of anilines is 1. The second-order valence-corrected chi connectivity index (χ2v) is 4.77. The lowest BCUT2D eigenvalue weighted by Crippen LogP contribution is -2.27. The highest BCUT2D eigenvalue weighted by atomic mass is 35.5. The highest BCUT2D eigenvalue weighted by Gasteiger charge is 2.15. The summed E-state index contributed by atoms with van der Waals surface area (Å²) in [6.45, 7) is 4.11. The van der Waals surface area contributed by atoms with Crippen molar-refractivity contribution < 1.29 is 15.0 Å². The average Bonchev–Trinajstić information content (AvgIpc) is 2.30. The molecule has 1 atom stereocenters. The van der Waals surface area contributed by atoms with Gasteiger partial charge in [0, 0.05) is 18.8 Å². The molecule has 0 saturated carbocycles. The molecule has 0 saturated heterocycles. The van der Waals surface area contributed by atoms with E-state index in [1.54, 1.807) is 0 Å². The van der Waals surface area contributed by atoms with E-state index < -0.39 is 5.97 Å². The molecule has 1 heterocycles. The molecule has 100 valence electrons. The first-order chi connectivity index (χ1) is 8.45. The van der Waals surface area contributed by atoms with Gasteiger partial charge in [0.05, 0.1) is 10.6 Å². The summed E-state index contributed by atoms with van der Waals surface area (Å²) in [7, 11) is 0. The third kappa shape index (κ3) is 3.85. The lowest BCUT2D eigenvalue weighted by molar-refractivity contribution is 0.0696. The third-order valence-corrected chi connectivity index (χ3v) is 2.94. The first-order valence-electron chi connectivity index (χ1n) is 5.72. The minimum Gasteiger partial charge on any atom is -0.478 e. The molecule has 0 bridgehead atoms. The summed E-state index contributed by atoms with van der Waals surface area (Å²) in [5.41, 5.74) is 0.0498. The van der Waals surface area contributed by atoms with Crippen LogP contribution in [0.1, 0.15) is 30.6 Å². The van der Waals surface area contributed by atoms with Crippen LogP contribution >= 0.6 is 11.6 Å². The molecule has 1 rings (SSSR count). The summed E-state index contributed by atoms with van der Waals surface area (Å²) in [4.78, 5) is 14.7. The van der Waals surface area contributed by atoms with Gasteiger partial charge in [-0.2, -0.15) is 0 Å². The SMILES string of the molecule is CC(C)C(CCO)Nc1ncc(C(=O)O)cc1Cl. The zero-order valence-corrected chi connectivity index (χ0v) is 11.1. The Morgan fingerprint density at radius 1 is 1.56 bits per heavy atom. The number of carboxylic acid groups (broad SMARTS) is 1. The predicted octanol–water partition coefficient (Wildman–Crippen LogP) is 2.25. The van der Waals surface area contributed by atoms with Gasteiger partial charge in [-0.25, -0.2) is 9.78 Å². The average molecular weight is 273 g/mol. The van der Waals surface area contributed by atoms with Gasteiger partial charge in [-0.05, 0) is 18.4 Å². The van der Waals surface area contributed by atoms with E-state index in [9.17, 15) is 4.79 Å². The van der Waals surface area contributed by atoms with Crippen molar-refractivity contribution in [1.82, 2.24) is 4.98 Å². The van der Waals surface area contributed by atoms with Gasteiger partial charge in [0.25, 0.3) is 0 Å². The minimum atomic E-state index is -1.06. The molecule has 18 heavy (non-hydrogen) atoms. The Kier molecular flexibility index (Phi) is 5.37. The highest BCUT2D eigenvalue weighted by Crippen LogP contribution is 2.23. The maximum atomic E-state index is 10.7. The molecule has 0 fully saturated rings. The highest BCUT2D eigenvalue weighted by molar-refractivity contribution is 6.33. The van der Waals surface area contributed by atoms with Crippen LogP contribution in [-0.2, 0) is 0 Å². The van der Waals surface area contributed by atoms with Crippen molar-refractivity contribution in [2.45, 2.75) is 26.3 Å². The summed E-state index contributed by atoms with van der Waals surface area (Å²) >= 11 is 5.97. The molecule has 0 radical (unpaired) electrons. The van der Waals surface area contributed by atoms with Gasteiger partial charge in [0.1, 0.15) is 5.82 Å². The molecule has 0 spiro atoms. The molecule has 0 amide bonds. The first kappa shape index (κ1) is 14.7. The van der Waals surface area contributed by atoms with E-state index in [0.717, 1.165) is 0 Å². The number of aromatic nitrogens is 1. The van der Waals surface area contributed by atoms with Gasteiger partial charge in [-0.3, -0.25) is 0 Å². The fourth-order valence-corrected chi connectivity index (χ4v) is 1.77. The largest absolute Gasteiger partial charge is 0.478 e. The van der Waals surface area contributed by atoms with Crippen LogP contribution in [0.3, 0.4) is 0 Å². The van der Waals surface area contributed by atoms with Crippen LogP contribution in [0.25, 0.3) is 0 Å². The Balaban J connectivity index is 2.86. The number of carboxylic acids is 1. The lowest BCUT2D eigenvalue weighted by atomic mass is 10.0. The van der Waals surface area contributed by atoms with E-state index in [1.165, 1.54) is 12.3 Å². The van der Waals surface area contributed by atoms with Crippen LogP contribution in [0.2, 0.25) is 5.02 Å². The number of hydrogen-bond donors (Lipinski definition) is 3. The minimum absolute atomic E-state index is 0.0377. The monoisotopic (exact) mass is 272 g/mol. The maximum Gasteiger partial charge on any atom is 0.337 e. The Morgan fingerprint density at radius 3 is 2.67 bits per heavy atom. The molecular formula is C12H17ClN2O3. The van der Waals surface area contributed by atoms with E-state index in [0.29, 0.717) is 18.2 Å². The number of nitrogens with zero attached hydrogens (tertiary/aromatic N) is 1. The second-order valence-electron chi connectivity index (χ2n) is 4.37. The Morgan fingerprint density at radius 2 is 2.22 bits per heavy atom. The van der Waals surface area contributed by atoms with Crippen molar-refractivity contribution >= 4 is 23.4 Å². The van der Waals surface area contributed by atoms with Crippen molar-refractivity contribution in [3.63, 3.8) is 0 Å². The van der Waals surface area contributed by atoms with E-state index in [2.05, 4.69) is 10.3 Å². The van der Waals surface area contributed by atoms with Crippen LogP contribution in [0.4, 0.5) is 5.82 Å². The summed E-state index contributed by atoms with van der Waals surface area (Å²) in [5, 5.41) is 21.2. The van der Waals surface area contributed by atoms with Crippen molar-refractivity contribution in [3.05, 3.63) is 22.8 Å². The Labute approximate surface area is 111 Å². The molecule has 1 aromatic rings. The summed E-state index contributed by atoms with van der Waals surface area (Å²) in [6.07, 6.45) is 1.84. The maximum absolute atomic E-state index is 10.7. The standard InChI is InChI=1S/C12H17ClN2O3/c1-7(2)10(3-4-16)15-11-9(13)5-8(6-14-11)12(17)18/h5-7,10,16H,3-4H2,1-2H3,(H,14,15)(H,17,18). The molecule has 0 aliphatic heterocycles. The van der Waals surface area contributed by atoms with Crippen LogP contribution in [0, 0.1) is 5.92 Å². The number of rotatable bonds is 6. The van der Waals surface area contributed by atoms with E-state index in [4.69, 9.17) is 21.8 Å². The topological polar surface area (TPSA) is 82.5 Å². The molecule has 0 aromatic carbocycles. The van der Waals surface area contributed by atoms with Crippen molar-refractivity contribution in [2.75, 3.05) is 11.9 Å². The molecular weight excluding hydrogens is 256 g/mol. The van der Waals surface area contributed by atoms with Crippen LogP contribution in [-0.4, -0.2) is 33.8 Å². The van der Waals surface area contributed by atoms with E-state index in [-0.39, 0.29) is 23.2 Å². The van der Waals surface area contributed by atoms with Crippen molar-refractivity contribution in [2.24, 2.45) is 5.92 Å². The number of aromatic carboxylic acids is 1. The summed E-state index contributed by atoms with van der Waals surface area (Å²) < 4.78 is 0. The molecule has 5 nitrogen and oxygen atoms in total. The molecule has 6 heteroatoms. The van der Waals surface area contributed by atoms with Gasteiger partial charge in [-0.1, -0.05) is 25.4 Å². The fraction of sp³-hybridized carbons (Fsp3) is 0.500. The summed E-state index contributed by atoms with van der Waals surface area (Å²) in [5.74, 6) is -0.324. The van der Waals surface area contributed by atoms with Gasteiger partial charge >= 0.3 is 5.97 Å². The number of hydrogen-bond acceptors (Lipinski definition) is 4. The smallest absolute Gasteiger partial charge is 0.337 e. The number of carbonyl (C=O) groups is 1. The lowest BCUT2D eigenvalue weighted by Gasteiger charge is -2.22. The number of aliphatic hydroxyl groups excluding tert-OH is 1. The number of pyridine rings is 1. The second kappa shape index (κ2) is 6.56. The third-order valence-electron chi connectivity index (χ3n) is 2.66. The molecule has 1 unspecified atom stereocenters. The van der Waals surface area contributed by atoms with Crippen LogP contribution in [0.15, 0.2) is 12.3 Å². The quantitative estimate of drug-likeness (QED) is 0.740. The van der Waals surface area contributed by atoms with Gasteiger partial charge in [-0.15, -0.1) is 0 Å². The van der Waals surface area contributed by atoms with E-state index in [1.807, 2.05) is 13.8 Å². The normalized spacial score (nSPS) is 12.5. The number of nitrogens with one attached hydrogen (secondary N) is 1. The zero-order chi connectivity index (χ0) is 13.7. The summed E-state index contributed by atoms with van der Waals surface area (Å²) in [6, 6.07) is 1.39. The first-order valence-corrected chi connectivity index (χ1v) is 6.09. The zero-order valence-electron chi connectivity index (χ0n) is 10.4.